The molecule has 2 saturated heterocycles. The molecule has 178 valence electrons. The van der Waals surface area contributed by atoms with Gasteiger partial charge in [-0.15, -0.1) is 0 Å². The number of hydrazine groups is 1. The smallest absolute Gasteiger partial charge is 0.237 e. The van der Waals surface area contributed by atoms with Crippen LogP contribution >= 0.6 is 7.14 Å². The normalized spacial score (nSPS) is 26.3. The van der Waals surface area contributed by atoms with Crippen LogP contribution < -0.4 is 21.1 Å². The quantitative estimate of drug-likeness (QED) is 0.654. The lowest BCUT2D eigenvalue weighted by Crippen LogP contribution is -2.60. The van der Waals surface area contributed by atoms with Crippen molar-refractivity contribution in [2.24, 2.45) is 11.8 Å². The fourth-order valence-electron chi connectivity index (χ4n) is 5.82. The highest BCUT2D eigenvalue weighted by atomic mass is 31.2. The van der Waals surface area contributed by atoms with Crippen molar-refractivity contribution in [2.75, 3.05) is 30.3 Å². The molecule has 2 aliphatic heterocycles. The number of benzene rings is 2. The van der Waals surface area contributed by atoms with Gasteiger partial charge in [-0.3, -0.25) is 10.2 Å². The van der Waals surface area contributed by atoms with Crippen molar-refractivity contribution < 1.29 is 13.8 Å². The number of hydrogen-bond donors (Lipinski definition) is 2. The molecule has 34 heavy (non-hydrogen) atoms. The Morgan fingerprint density at radius 3 is 2.56 bits per heavy atom. The van der Waals surface area contributed by atoms with E-state index in [1.54, 1.807) is 18.2 Å². The molecule has 1 saturated carbocycles. The van der Waals surface area contributed by atoms with Crippen molar-refractivity contribution in [3.8, 4) is 6.07 Å². The molecular formula is C26H30FN4O2P. The Hall–Kier alpha value is -2.68. The predicted molar refractivity (Wildman–Crippen MR) is 131 cm³/mol. The number of rotatable bonds is 4. The zero-order chi connectivity index (χ0) is 23.7. The summed E-state index contributed by atoms with van der Waals surface area (Å²) < 4.78 is 28.8. The maximum atomic E-state index is 14.9. The standard InChI is InChI=1S/C26H30FN4O2P/c27-23-10-7-19(15-24-21-3-1-2-4-22(21)26(32)30-29-24)16-25(23)34(33)13-11-31(12-14-34)20-8-5-18(17-28)6-9-20/h5-10,16,21-22,24,29H,1-4,11-15H2,(H,30,32). The monoisotopic (exact) mass is 480 g/mol. The van der Waals surface area contributed by atoms with Crippen LogP contribution in [0.4, 0.5) is 10.1 Å². The number of nitrogens with zero attached hydrogens (tertiary/aromatic N) is 2. The van der Waals surface area contributed by atoms with E-state index in [0.29, 0.717) is 42.7 Å². The molecule has 3 unspecified atom stereocenters. The van der Waals surface area contributed by atoms with Crippen LogP contribution in [0.15, 0.2) is 42.5 Å². The maximum absolute atomic E-state index is 14.9. The van der Waals surface area contributed by atoms with Gasteiger partial charge in [-0.05, 0) is 67.1 Å². The lowest BCUT2D eigenvalue weighted by Gasteiger charge is -2.41. The highest BCUT2D eigenvalue weighted by molar-refractivity contribution is 7.71. The second kappa shape index (κ2) is 9.52. The van der Waals surface area contributed by atoms with E-state index in [0.717, 1.165) is 36.9 Å². The highest BCUT2D eigenvalue weighted by Gasteiger charge is 2.40. The molecule has 2 aromatic carbocycles. The van der Waals surface area contributed by atoms with Crippen LogP contribution in [0.5, 0.6) is 0 Å². The van der Waals surface area contributed by atoms with Gasteiger partial charge in [0.1, 0.15) is 13.0 Å². The molecule has 0 radical (unpaired) electrons. The number of nitriles is 1. The maximum Gasteiger partial charge on any atom is 0.237 e. The minimum Gasteiger partial charge on any atom is -0.371 e. The van der Waals surface area contributed by atoms with Gasteiger partial charge >= 0.3 is 0 Å². The number of halogens is 1. The van der Waals surface area contributed by atoms with E-state index in [1.807, 2.05) is 18.2 Å². The Morgan fingerprint density at radius 2 is 1.82 bits per heavy atom. The van der Waals surface area contributed by atoms with Gasteiger partial charge in [-0.2, -0.15) is 5.26 Å². The van der Waals surface area contributed by atoms with Crippen LogP contribution in [0.2, 0.25) is 0 Å². The molecule has 1 amide bonds. The number of fused-ring (bicyclic) bond motifs is 1. The summed E-state index contributed by atoms with van der Waals surface area (Å²) in [4.78, 5) is 14.4. The largest absolute Gasteiger partial charge is 0.371 e. The minimum atomic E-state index is -2.85. The summed E-state index contributed by atoms with van der Waals surface area (Å²) in [6, 6.07) is 14.6. The molecule has 2 aromatic rings. The first kappa shape index (κ1) is 23.1. The Kier molecular flexibility index (Phi) is 6.46. The fourth-order valence-corrected chi connectivity index (χ4v) is 8.52. The summed E-state index contributed by atoms with van der Waals surface area (Å²) >= 11 is 0. The van der Waals surface area contributed by atoms with Gasteiger partial charge in [0.15, 0.2) is 0 Å². The summed E-state index contributed by atoms with van der Waals surface area (Å²) in [5.74, 6) is 0.0195. The number of hydrogen-bond acceptors (Lipinski definition) is 5. The molecule has 0 aromatic heterocycles. The number of anilines is 1. The Morgan fingerprint density at radius 1 is 1.09 bits per heavy atom. The van der Waals surface area contributed by atoms with Crippen molar-refractivity contribution >= 4 is 24.0 Å². The first-order valence-corrected chi connectivity index (χ1v) is 14.2. The molecule has 2 heterocycles. The number of amides is 1. The number of carbonyl (C=O) groups is 1. The lowest BCUT2D eigenvalue weighted by molar-refractivity contribution is -0.133. The van der Waals surface area contributed by atoms with E-state index in [-0.39, 0.29) is 29.6 Å². The van der Waals surface area contributed by atoms with Crippen LogP contribution in [0, 0.1) is 29.0 Å². The average molecular weight is 481 g/mol. The third-order valence-electron chi connectivity index (χ3n) is 7.78. The molecular weight excluding hydrogens is 450 g/mol. The lowest BCUT2D eigenvalue weighted by atomic mass is 9.72. The molecule has 0 spiro atoms. The van der Waals surface area contributed by atoms with Crippen molar-refractivity contribution in [2.45, 2.75) is 38.1 Å². The van der Waals surface area contributed by atoms with Crippen molar-refractivity contribution in [3.63, 3.8) is 0 Å². The number of nitrogens with one attached hydrogen (secondary N) is 2. The third-order valence-corrected chi connectivity index (χ3v) is 10.8. The van der Waals surface area contributed by atoms with E-state index in [1.165, 1.54) is 6.07 Å². The van der Waals surface area contributed by atoms with E-state index in [2.05, 4.69) is 21.8 Å². The summed E-state index contributed by atoms with van der Waals surface area (Å²) in [5.41, 5.74) is 8.58. The Labute approximate surface area is 199 Å². The summed E-state index contributed by atoms with van der Waals surface area (Å²) in [7, 11) is -2.85. The SMILES string of the molecule is N#Cc1ccc(N2CCP(=O)(c3cc(CC4NNC(=O)C5CCCCC45)ccc3F)CC2)cc1. The zero-order valence-electron chi connectivity index (χ0n) is 19.2. The van der Waals surface area contributed by atoms with Crippen LogP contribution in [0.25, 0.3) is 0 Å². The van der Waals surface area contributed by atoms with E-state index in [9.17, 15) is 13.8 Å². The van der Waals surface area contributed by atoms with Gasteiger partial charge in [-0.25, -0.2) is 9.82 Å². The van der Waals surface area contributed by atoms with E-state index >= 15 is 0 Å². The second-order valence-electron chi connectivity index (χ2n) is 9.77. The highest BCUT2D eigenvalue weighted by Crippen LogP contribution is 2.48. The van der Waals surface area contributed by atoms with Crippen LogP contribution in [-0.2, 0) is 15.8 Å². The van der Waals surface area contributed by atoms with Gasteiger partial charge < -0.3 is 9.46 Å². The van der Waals surface area contributed by atoms with Crippen LogP contribution in [0.3, 0.4) is 0 Å². The van der Waals surface area contributed by atoms with Gasteiger partial charge in [0.25, 0.3) is 0 Å². The second-order valence-corrected chi connectivity index (χ2v) is 12.9. The molecule has 2 N–H and O–H groups in total. The first-order chi connectivity index (χ1) is 16.5. The van der Waals surface area contributed by atoms with Gasteiger partial charge in [0.05, 0.1) is 11.6 Å². The molecule has 3 fully saturated rings. The molecule has 6 nitrogen and oxygen atoms in total. The first-order valence-electron chi connectivity index (χ1n) is 12.1. The molecule has 3 atom stereocenters. The average Bonchev–Trinajstić information content (AvgIpc) is 2.87. The topological polar surface area (TPSA) is 85.2 Å². The predicted octanol–water partition coefficient (Wildman–Crippen LogP) is 3.56. The van der Waals surface area contributed by atoms with E-state index in [4.69, 9.17) is 5.26 Å². The Bertz CT molecular complexity index is 1150. The van der Waals surface area contributed by atoms with Crippen molar-refractivity contribution in [1.29, 1.82) is 5.26 Å². The third kappa shape index (κ3) is 4.50. The van der Waals surface area contributed by atoms with Crippen LogP contribution in [-0.4, -0.2) is 37.4 Å². The van der Waals surface area contributed by atoms with Crippen molar-refractivity contribution in [1.82, 2.24) is 10.9 Å². The molecule has 3 aliphatic rings. The molecule has 1 aliphatic carbocycles. The van der Waals surface area contributed by atoms with Gasteiger partial charge in [-0.1, -0.05) is 18.9 Å². The van der Waals surface area contributed by atoms with Gasteiger partial charge in [0, 0.05) is 48.4 Å². The Balaban J connectivity index is 1.30. The number of carbonyl (C=O) groups excluding carboxylic acids is 1. The summed E-state index contributed by atoms with van der Waals surface area (Å²) in [6.45, 7) is 1.18. The van der Waals surface area contributed by atoms with Crippen LogP contribution in [0.1, 0.15) is 36.8 Å². The molecule has 0 bridgehead atoms. The molecule has 5 rings (SSSR count). The summed E-state index contributed by atoms with van der Waals surface area (Å²) in [5, 5.41) is 9.36. The fraction of sp³-hybridized carbons (Fsp3) is 0.462. The summed E-state index contributed by atoms with van der Waals surface area (Å²) in [6.07, 6.45) is 5.69. The minimum absolute atomic E-state index is 0.0461. The van der Waals surface area contributed by atoms with Gasteiger partial charge in [0.2, 0.25) is 5.91 Å². The van der Waals surface area contributed by atoms with Crippen molar-refractivity contribution in [3.05, 3.63) is 59.4 Å². The zero-order valence-corrected chi connectivity index (χ0v) is 20.1. The van der Waals surface area contributed by atoms with E-state index < -0.39 is 7.14 Å². The molecule has 8 heteroatoms.